The third-order valence-corrected chi connectivity index (χ3v) is 3.90. The number of Topliss-reactive ketones (excluding diaryl/α,β-unsaturated/α-hetero) is 1. The van der Waals surface area contributed by atoms with E-state index < -0.39 is 5.41 Å². The molecule has 0 heterocycles. The van der Waals surface area contributed by atoms with Gasteiger partial charge >= 0.3 is 0 Å². The Kier molecular flexibility index (Phi) is 23.8. The molecule has 0 aromatic carbocycles. The number of carbonyl (C=O) groups is 1. The number of ether oxygens (including phenoxy) is 11. The minimum absolute atomic E-state index is 0.0233. The van der Waals surface area contributed by atoms with E-state index in [1.807, 2.05) is 0 Å². The van der Waals surface area contributed by atoms with Gasteiger partial charge in [-0.25, -0.2) is 0 Å². The SMILES string of the molecule is COCCOCOCC(COCOCCOC)(COCOCCOC)COCOCC(C)=O. The van der Waals surface area contributed by atoms with Gasteiger partial charge in [0.15, 0.2) is 5.78 Å². The number of hydrogen-bond acceptors (Lipinski definition) is 12. The van der Waals surface area contributed by atoms with Gasteiger partial charge < -0.3 is 52.1 Å². The highest BCUT2D eigenvalue weighted by Gasteiger charge is 2.33. The first-order valence-electron chi connectivity index (χ1n) is 10.7. The smallest absolute Gasteiger partial charge is 0.155 e. The van der Waals surface area contributed by atoms with Gasteiger partial charge in [-0.3, -0.25) is 4.79 Å². The predicted octanol–water partition coefficient (Wildman–Crippen LogP) is 0.464. The van der Waals surface area contributed by atoms with Crippen LogP contribution in [0, 0.1) is 5.41 Å². The summed E-state index contributed by atoms with van der Waals surface area (Å²) in [6.07, 6.45) is 0. The number of carbonyl (C=O) groups excluding carboxylic acids is 1. The largest absolute Gasteiger partial charge is 0.382 e. The standard InChI is InChI=1S/C21H42O12/c1-20(22)11-29-19-33-15-21(12-30-16-26-8-5-23-2,13-31-17-27-9-6-24-3)14-32-18-28-10-7-25-4/h5-19H2,1-4H3. The molecule has 0 aliphatic rings. The quantitative estimate of drug-likeness (QED) is 0.119. The van der Waals surface area contributed by atoms with Crippen LogP contribution in [-0.4, -0.2) is 127 Å². The zero-order chi connectivity index (χ0) is 24.5. The molecule has 12 nitrogen and oxygen atoms in total. The fraction of sp³-hybridized carbons (Fsp3) is 0.952. The summed E-state index contributed by atoms with van der Waals surface area (Å²) in [7, 11) is 4.79. The van der Waals surface area contributed by atoms with Gasteiger partial charge in [-0.15, -0.1) is 0 Å². The van der Waals surface area contributed by atoms with Gasteiger partial charge in [0.05, 0.1) is 71.5 Å². The molecule has 0 bridgehead atoms. The number of ketones is 1. The summed E-state index contributed by atoms with van der Waals surface area (Å²) in [6.45, 7) is 5.02. The number of methoxy groups -OCH3 is 3. The average molecular weight is 487 g/mol. The second kappa shape index (κ2) is 24.4. The van der Waals surface area contributed by atoms with Crippen molar-refractivity contribution in [1.29, 1.82) is 0 Å². The molecule has 0 aromatic rings. The molecule has 0 N–H and O–H groups in total. The Bertz CT molecular complexity index is 383. The van der Waals surface area contributed by atoms with E-state index >= 15 is 0 Å². The van der Waals surface area contributed by atoms with Gasteiger partial charge in [-0.1, -0.05) is 0 Å². The Balaban J connectivity index is 4.79. The summed E-state index contributed by atoms with van der Waals surface area (Å²) < 4.78 is 58.9. The summed E-state index contributed by atoms with van der Waals surface area (Å²) in [6, 6.07) is 0. The van der Waals surface area contributed by atoms with Crippen LogP contribution in [0.2, 0.25) is 0 Å². The van der Waals surface area contributed by atoms with E-state index in [9.17, 15) is 4.79 Å². The molecule has 0 rings (SSSR count). The Morgan fingerprint density at radius 2 is 0.848 bits per heavy atom. The molecule has 0 amide bonds. The predicted molar refractivity (Wildman–Crippen MR) is 116 cm³/mol. The minimum Gasteiger partial charge on any atom is -0.382 e. The summed E-state index contributed by atoms with van der Waals surface area (Å²) in [5.74, 6) is -0.0884. The summed E-state index contributed by atoms with van der Waals surface area (Å²) in [5.41, 5.74) is -0.709. The molecule has 0 fully saturated rings. The highest BCUT2D eigenvalue weighted by molar-refractivity contribution is 5.76. The van der Waals surface area contributed by atoms with Crippen molar-refractivity contribution >= 4 is 5.78 Å². The van der Waals surface area contributed by atoms with Crippen LogP contribution < -0.4 is 0 Å². The van der Waals surface area contributed by atoms with Crippen molar-refractivity contribution in [2.24, 2.45) is 5.41 Å². The maximum atomic E-state index is 11.0. The average Bonchev–Trinajstić information content (AvgIpc) is 2.80. The molecule has 12 heteroatoms. The summed E-state index contributed by atoms with van der Waals surface area (Å²) >= 11 is 0. The van der Waals surface area contributed by atoms with E-state index in [0.717, 1.165) is 0 Å². The van der Waals surface area contributed by atoms with Gasteiger partial charge in [0.2, 0.25) is 0 Å². The van der Waals surface area contributed by atoms with Crippen molar-refractivity contribution in [1.82, 2.24) is 0 Å². The van der Waals surface area contributed by atoms with Gasteiger partial charge in [-0.05, 0) is 6.92 Å². The minimum atomic E-state index is -0.709. The fourth-order valence-corrected chi connectivity index (χ4v) is 2.31. The van der Waals surface area contributed by atoms with Crippen LogP contribution in [0.3, 0.4) is 0 Å². The first-order valence-corrected chi connectivity index (χ1v) is 10.7. The van der Waals surface area contributed by atoms with Crippen LogP contribution in [0.5, 0.6) is 0 Å². The molecule has 0 saturated heterocycles. The van der Waals surface area contributed by atoms with Crippen molar-refractivity contribution in [3.63, 3.8) is 0 Å². The number of hydrogen-bond donors (Lipinski definition) is 0. The van der Waals surface area contributed by atoms with Crippen LogP contribution in [-0.2, 0) is 56.9 Å². The Morgan fingerprint density at radius 1 is 0.515 bits per heavy atom. The lowest BCUT2D eigenvalue weighted by molar-refractivity contribution is -0.185. The number of rotatable bonds is 27. The molecule has 33 heavy (non-hydrogen) atoms. The molecule has 0 aromatic heterocycles. The maximum Gasteiger partial charge on any atom is 0.155 e. The summed E-state index contributed by atoms with van der Waals surface area (Å²) in [5, 5.41) is 0. The van der Waals surface area contributed by atoms with E-state index in [2.05, 4.69) is 0 Å². The molecule has 198 valence electrons. The van der Waals surface area contributed by atoms with E-state index in [-0.39, 0.29) is 66.0 Å². The first-order chi connectivity index (χ1) is 16.1. The molecule has 0 unspecified atom stereocenters. The highest BCUT2D eigenvalue weighted by atomic mass is 16.7. The lowest BCUT2D eigenvalue weighted by atomic mass is 9.92. The van der Waals surface area contributed by atoms with Gasteiger partial charge in [0, 0.05) is 21.3 Å². The molecule has 0 aliphatic heterocycles. The first kappa shape index (κ1) is 32.2. The van der Waals surface area contributed by atoms with Crippen molar-refractivity contribution in [3.8, 4) is 0 Å². The highest BCUT2D eigenvalue weighted by Crippen LogP contribution is 2.21. The maximum absolute atomic E-state index is 11.0. The Labute approximate surface area is 196 Å². The van der Waals surface area contributed by atoms with Crippen molar-refractivity contribution in [2.75, 3.05) is 121 Å². The normalized spacial score (nSPS) is 11.9. The Morgan fingerprint density at radius 3 is 1.15 bits per heavy atom. The van der Waals surface area contributed by atoms with E-state index in [1.165, 1.54) is 6.92 Å². The topological polar surface area (TPSA) is 119 Å². The third kappa shape index (κ3) is 21.5. The molecular formula is C21H42O12. The zero-order valence-electron chi connectivity index (χ0n) is 20.5. The van der Waals surface area contributed by atoms with Crippen LogP contribution in [0.1, 0.15) is 6.92 Å². The van der Waals surface area contributed by atoms with Crippen LogP contribution >= 0.6 is 0 Å². The zero-order valence-corrected chi connectivity index (χ0v) is 20.5. The van der Waals surface area contributed by atoms with Crippen LogP contribution in [0.4, 0.5) is 0 Å². The van der Waals surface area contributed by atoms with Gasteiger partial charge in [0.25, 0.3) is 0 Å². The molecular weight excluding hydrogens is 444 g/mol. The third-order valence-electron chi connectivity index (χ3n) is 3.90. The molecule has 0 saturated carbocycles. The molecule has 0 aliphatic carbocycles. The lowest BCUT2D eigenvalue weighted by Gasteiger charge is -2.32. The second-order valence-electron chi connectivity index (χ2n) is 7.12. The molecule has 0 atom stereocenters. The monoisotopic (exact) mass is 486 g/mol. The fourth-order valence-electron chi connectivity index (χ4n) is 2.31. The van der Waals surface area contributed by atoms with Crippen molar-refractivity contribution in [2.45, 2.75) is 6.92 Å². The van der Waals surface area contributed by atoms with Crippen LogP contribution in [0.15, 0.2) is 0 Å². The van der Waals surface area contributed by atoms with E-state index in [0.29, 0.717) is 39.6 Å². The lowest BCUT2D eigenvalue weighted by Crippen LogP contribution is -2.42. The molecule has 0 radical (unpaired) electrons. The summed E-state index contributed by atoms with van der Waals surface area (Å²) in [4.78, 5) is 11.0. The Hall–Kier alpha value is -0.770. The van der Waals surface area contributed by atoms with Crippen molar-refractivity contribution in [3.05, 3.63) is 0 Å². The van der Waals surface area contributed by atoms with Crippen molar-refractivity contribution < 1.29 is 56.9 Å². The van der Waals surface area contributed by atoms with Crippen LogP contribution in [0.25, 0.3) is 0 Å². The van der Waals surface area contributed by atoms with Gasteiger partial charge in [-0.2, -0.15) is 0 Å². The van der Waals surface area contributed by atoms with Gasteiger partial charge in [0.1, 0.15) is 33.8 Å². The molecule has 0 spiro atoms. The van der Waals surface area contributed by atoms with E-state index in [4.69, 9.17) is 52.1 Å². The van der Waals surface area contributed by atoms with E-state index in [1.54, 1.807) is 21.3 Å². The second-order valence-corrected chi connectivity index (χ2v) is 7.12.